The number of nitrogens with one attached hydrogen (secondary N) is 1. The first-order valence-electron chi connectivity index (χ1n) is 5.92. The molecule has 1 unspecified atom stereocenters. The van der Waals surface area contributed by atoms with E-state index in [0.717, 1.165) is 0 Å². The minimum atomic E-state index is -0.896. The quantitative estimate of drug-likeness (QED) is 0.685. The fraction of sp³-hybridized carbons (Fsp3) is 0.462. The molecule has 6 nitrogen and oxygen atoms in total. The summed E-state index contributed by atoms with van der Waals surface area (Å²) in [4.78, 5) is 11.4. The van der Waals surface area contributed by atoms with Crippen molar-refractivity contribution < 1.29 is 19.4 Å². The fourth-order valence-corrected chi connectivity index (χ4v) is 1.57. The van der Waals surface area contributed by atoms with Gasteiger partial charge in [-0.05, 0) is 25.1 Å². The van der Waals surface area contributed by atoms with Crippen LogP contribution in [0.25, 0.3) is 0 Å². The lowest BCUT2D eigenvalue weighted by molar-refractivity contribution is -0.122. The minimum Gasteiger partial charge on any atom is -0.497 e. The Kier molecular flexibility index (Phi) is 5.59. The number of nitrogens with two attached hydrogens (primary N) is 1. The minimum absolute atomic E-state index is 0.0594. The van der Waals surface area contributed by atoms with E-state index in [1.165, 1.54) is 14.2 Å². The molecule has 0 aliphatic heterocycles. The molecule has 0 aliphatic rings. The summed E-state index contributed by atoms with van der Waals surface area (Å²) in [6.07, 6.45) is -0.896. The van der Waals surface area contributed by atoms with Crippen LogP contribution in [0, 0.1) is 0 Å². The van der Waals surface area contributed by atoms with Crippen molar-refractivity contribution in [1.29, 1.82) is 0 Å². The van der Waals surface area contributed by atoms with Gasteiger partial charge in [0.1, 0.15) is 11.5 Å². The summed E-state index contributed by atoms with van der Waals surface area (Å²) in [5, 5.41) is 12.7. The second kappa shape index (κ2) is 6.96. The molecule has 0 radical (unpaired) electrons. The second-order valence-electron chi connectivity index (χ2n) is 4.16. The SMILES string of the molecule is COc1ccc(OC)c(C(O)CNC(=O)[C@@H](C)N)c1. The Morgan fingerprint density at radius 2 is 2.11 bits per heavy atom. The van der Waals surface area contributed by atoms with E-state index in [4.69, 9.17) is 15.2 Å². The molecule has 0 fully saturated rings. The van der Waals surface area contributed by atoms with Crippen molar-refractivity contribution in [2.45, 2.75) is 19.1 Å². The van der Waals surface area contributed by atoms with Gasteiger partial charge in [0.2, 0.25) is 5.91 Å². The first-order valence-corrected chi connectivity index (χ1v) is 5.92. The van der Waals surface area contributed by atoms with Gasteiger partial charge in [-0.1, -0.05) is 0 Å². The van der Waals surface area contributed by atoms with E-state index >= 15 is 0 Å². The van der Waals surface area contributed by atoms with E-state index in [0.29, 0.717) is 17.1 Å². The molecular weight excluding hydrogens is 248 g/mol. The smallest absolute Gasteiger partial charge is 0.236 e. The molecule has 6 heteroatoms. The predicted octanol–water partition coefficient (Wildman–Crippen LogP) is 0.201. The van der Waals surface area contributed by atoms with Crippen molar-refractivity contribution in [1.82, 2.24) is 5.32 Å². The van der Waals surface area contributed by atoms with E-state index in [1.54, 1.807) is 25.1 Å². The lowest BCUT2D eigenvalue weighted by Crippen LogP contribution is -2.40. The average molecular weight is 268 g/mol. The van der Waals surface area contributed by atoms with Crippen LogP contribution in [0.3, 0.4) is 0 Å². The van der Waals surface area contributed by atoms with Crippen molar-refractivity contribution in [3.05, 3.63) is 23.8 Å². The van der Waals surface area contributed by atoms with Gasteiger partial charge in [-0.3, -0.25) is 4.79 Å². The molecule has 0 saturated heterocycles. The monoisotopic (exact) mass is 268 g/mol. The number of aliphatic hydroxyl groups excluding tert-OH is 1. The van der Waals surface area contributed by atoms with Gasteiger partial charge < -0.3 is 25.6 Å². The van der Waals surface area contributed by atoms with E-state index in [1.807, 2.05) is 0 Å². The van der Waals surface area contributed by atoms with Crippen LogP contribution in [-0.4, -0.2) is 37.8 Å². The van der Waals surface area contributed by atoms with Crippen molar-refractivity contribution >= 4 is 5.91 Å². The summed E-state index contributed by atoms with van der Waals surface area (Å²) in [6, 6.07) is 4.49. The van der Waals surface area contributed by atoms with Gasteiger partial charge in [-0.15, -0.1) is 0 Å². The molecule has 1 aromatic rings. The summed E-state index contributed by atoms with van der Waals surface area (Å²) in [7, 11) is 3.05. The topological polar surface area (TPSA) is 93.8 Å². The molecule has 0 heterocycles. The van der Waals surface area contributed by atoms with Crippen LogP contribution in [0.5, 0.6) is 11.5 Å². The zero-order valence-corrected chi connectivity index (χ0v) is 11.3. The molecule has 19 heavy (non-hydrogen) atoms. The van der Waals surface area contributed by atoms with Gasteiger partial charge >= 0.3 is 0 Å². The lowest BCUT2D eigenvalue weighted by atomic mass is 10.1. The Labute approximate surface area is 112 Å². The fourth-order valence-electron chi connectivity index (χ4n) is 1.57. The maximum Gasteiger partial charge on any atom is 0.236 e. The Morgan fingerprint density at radius 3 is 2.63 bits per heavy atom. The van der Waals surface area contributed by atoms with E-state index in [9.17, 15) is 9.90 Å². The number of carbonyl (C=O) groups excluding carboxylic acids is 1. The number of hydrogen-bond donors (Lipinski definition) is 3. The number of amides is 1. The highest BCUT2D eigenvalue weighted by molar-refractivity contribution is 5.80. The maximum absolute atomic E-state index is 11.4. The molecule has 106 valence electrons. The van der Waals surface area contributed by atoms with Gasteiger partial charge in [0.25, 0.3) is 0 Å². The molecule has 1 amide bonds. The van der Waals surface area contributed by atoms with E-state index < -0.39 is 12.1 Å². The first kappa shape index (κ1) is 15.3. The third kappa shape index (κ3) is 4.11. The number of rotatable bonds is 6. The molecule has 2 atom stereocenters. The molecule has 0 saturated carbocycles. The molecule has 0 aromatic heterocycles. The van der Waals surface area contributed by atoms with Gasteiger partial charge in [0.15, 0.2) is 0 Å². The number of carbonyl (C=O) groups is 1. The Balaban J connectivity index is 2.79. The highest BCUT2D eigenvalue weighted by atomic mass is 16.5. The summed E-state index contributed by atoms with van der Waals surface area (Å²) in [5.74, 6) is 0.817. The van der Waals surface area contributed by atoms with Crippen LogP contribution >= 0.6 is 0 Å². The molecule has 1 rings (SSSR count). The molecule has 0 bridgehead atoms. The maximum atomic E-state index is 11.4. The van der Waals surface area contributed by atoms with Crippen molar-refractivity contribution in [2.75, 3.05) is 20.8 Å². The zero-order chi connectivity index (χ0) is 14.4. The number of methoxy groups -OCH3 is 2. The number of benzene rings is 1. The van der Waals surface area contributed by atoms with Crippen LogP contribution in [-0.2, 0) is 4.79 Å². The molecular formula is C13H20N2O4. The highest BCUT2D eigenvalue weighted by Gasteiger charge is 2.16. The number of aliphatic hydroxyl groups is 1. The third-order valence-corrected chi connectivity index (χ3v) is 2.68. The van der Waals surface area contributed by atoms with Crippen molar-refractivity contribution in [3.8, 4) is 11.5 Å². The largest absolute Gasteiger partial charge is 0.497 e. The average Bonchev–Trinajstić information content (AvgIpc) is 2.43. The second-order valence-corrected chi connectivity index (χ2v) is 4.16. The van der Waals surface area contributed by atoms with Gasteiger partial charge in [0.05, 0.1) is 26.4 Å². The molecule has 1 aromatic carbocycles. The van der Waals surface area contributed by atoms with Crippen molar-refractivity contribution in [2.24, 2.45) is 5.73 Å². The summed E-state index contributed by atoms with van der Waals surface area (Å²) in [5.41, 5.74) is 5.97. The van der Waals surface area contributed by atoms with Crippen LogP contribution < -0.4 is 20.5 Å². The summed E-state index contributed by atoms with van der Waals surface area (Å²) in [6.45, 7) is 1.64. The number of hydrogen-bond acceptors (Lipinski definition) is 5. The molecule has 4 N–H and O–H groups in total. The van der Waals surface area contributed by atoms with Gasteiger partial charge in [-0.25, -0.2) is 0 Å². The molecule has 0 spiro atoms. The third-order valence-electron chi connectivity index (χ3n) is 2.68. The van der Waals surface area contributed by atoms with Gasteiger partial charge in [0, 0.05) is 12.1 Å². The summed E-state index contributed by atoms with van der Waals surface area (Å²) < 4.78 is 10.3. The van der Waals surface area contributed by atoms with Crippen molar-refractivity contribution in [3.63, 3.8) is 0 Å². The van der Waals surface area contributed by atoms with E-state index in [-0.39, 0.29) is 12.5 Å². The Morgan fingerprint density at radius 1 is 1.42 bits per heavy atom. The highest BCUT2D eigenvalue weighted by Crippen LogP contribution is 2.28. The van der Waals surface area contributed by atoms with Crippen LogP contribution in [0.4, 0.5) is 0 Å². The predicted molar refractivity (Wildman–Crippen MR) is 71.2 cm³/mol. The van der Waals surface area contributed by atoms with Gasteiger partial charge in [-0.2, -0.15) is 0 Å². The molecule has 0 aliphatic carbocycles. The zero-order valence-electron chi connectivity index (χ0n) is 11.3. The van der Waals surface area contributed by atoms with E-state index in [2.05, 4.69) is 5.32 Å². The standard InChI is InChI=1S/C13H20N2O4/c1-8(14)13(17)15-7-11(16)10-6-9(18-2)4-5-12(10)19-3/h4-6,8,11,16H,7,14H2,1-3H3,(H,15,17)/t8-,11?/m1/s1. The first-order chi connectivity index (χ1) is 8.99. The Hall–Kier alpha value is -1.79. The Bertz CT molecular complexity index is 435. The lowest BCUT2D eigenvalue weighted by Gasteiger charge is -2.17. The van der Waals surface area contributed by atoms with Crippen LogP contribution in [0.15, 0.2) is 18.2 Å². The van der Waals surface area contributed by atoms with Crippen LogP contribution in [0.2, 0.25) is 0 Å². The normalized spacial score (nSPS) is 13.5. The number of ether oxygens (including phenoxy) is 2. The summed E-state index contributed by atoms with van der Waals surface area (Å²) >= 11 is 0. The van der Waals surface area contributed by atoms with Crippen LogP contribution in [0.1, 0.15) is 18.6 Å².